The zero-order valence-corrected chi connectivity index (χ0v) is 8.04. The second-order valence-corrected chi connectivity index (χ2v) is 2.23. The van der Waals surface area contributed by atoms with Crippen molar-refractivity contribution in [3.63, 3.8) is 0 Å². The van der Waals surface area contributed by atoms with Crippen LogP contribution < -0.4 is 5.73 Å². The van der Waals surface area contributed by atoms with Crippen molar-refractivity contribution >= 4 is 0 Å². The Bertz CT molecular complexity index is 343. The van der Waals surface area contributed by atoms with Crippen molar-refractivity contribution in [2.45, 2.75) is 0 Å². The lowest BCUT2D eigenvalue weighted by Gasteiger charge is -1.95. The Morgan fingerprint density at radius 2 is 1.00 bits per heavy atom. The van der Waals surface area contributed by atoms with Crippen LogP contribution in [-0.2, 0) is 0 Å². The first-order valence-corrected chi connectivity index (χ1v) is 3.93. The van der Waals surface area contributed by atoms with Crippen LogP contribution in [0.15, 0.2) is 18.2 Å². The fraction of sp³-hybridized carbons (Fsp3) is 0.0769. The van der Waals surface area contributed by atoms with Crippen LogP contribution in [0.1, 0.15) is 16.7 Å². The van der Waals surface area contributed by atoms with Gasteiger partial charge in [-0.2, -0.15) is 0 Å². The lowest BCUT2D eigenvalue weighted by atomic mass is 10.1. The molecule has 0 bridgehead atoms. The van der Waals surface area contributed by atoms with Gasteiger partial charge in [-0.1, -0.05) is 17.8 Å². The smallest absolute Gasteiger partial charge is 0.0267 e. The lowest BCUT2D eigenvalue weighted by Crippen LogP contribution is -1.82. The monoisotopic (exact) mass is 181 g/mol. The van der Waals surface area contributed by atoms with Crippen LogP contribution in [0.2, 0.25) is 0 Å². The van der Waals surface area contributed by atoms with Crippen molar-refractivity contribution in [3.8, 4) is 37.0 Å². The Morgan fingerprint density at radius 3 is 1.14 bits per heavy atom. The van der Waals surface area contributed by atoms with Crippen LogP contribution in [0.3, 0.4) is 0 Å². The number of terminal acetylenes is 3. The third-order valence-corrected chi connectivity index (χ3v) is 1.43. The van der Waals surface area contributed by atoms with Crippen molar-refractivity contribution < 1.29 is 0 Å². The van der Waals surface area contributed by atoms with Crippen LogP contribution >= 0.6 is 0 Å². The predicted octanol–water partition coefficient (Wildman–Crippen LogP) is 1.21. The quantitative estimate of drug-likeness (QED) is 0.598. The van der Waals surface area contributed by atoms with Gasteiger partial charge in [-0.05, 0) is 25.2 Å². The maximum atomic E-state index is 5.21. The highest BCUT2D eigenvalue weighted by molar-refractivity contribution is 5.49. The highest BCUT2D eigenvalue weighted by atomic mass is 14.4. The number of benzene rings is 1. The molecule has 0 aliphatic rings. The van der Waals surface area contributed by atoms with Gasteiger partial charge in [0.15, 0.2) is 0 Å². The van der Waals surface area contributed by atoms with Crippen LogP contribution in [-0.4, -0.2) is 7.05 Å². The van der Waals surface area contributed by atoms with Crippen LogP contribution in [0.5, 0.6) is 0 Å². The van der Waals surface area contributed by atoms with Crippen molar-refractivity contribution in [3.05, 3.63) is 34.9 Å². The van der Waals surface area contributed by atoms with E-state index in [1.807, 2.05) is 0 Å². The van der Waals surface area contributed by atoms with Gasteiger partial charge in [-0.25, -0.2) is 0 Å². The second-order valence-electron chi connectivity index (χ2n) is 2.23. The van der Waals surface area contributed by atoms with E-state index in [9.17, 15) is 0 Å². The third kappa shape index (κ3) is 3.08. The largest absolute Gasteiger partial charge is 0.333 e. The summed E-state index contributed by atoms with van der Waals surface area (Å²) < 4.78 is 0. The van der Waals surface area contributed by atoms with Gasteiger partial charge in [0.2, 0.25) is 0 Å². The Morgan fingerprint density at radius 1 is 0.786 bits per heavy atom. The molecule has 0 saturated carbocycles. The van der Waals surface area contributed by atoms with E-state index >= 15 is 0 Å². The molecule has 68 valence electrons. The number of nitrogens with two attached hydrogens (primary N) is 1. The molecular formula is C13H11N. The molecule has 0 saturated heterocycles. The first-order chi connectivity index (χ1) is 6.80. The van der Waals surface area contributed by atoms with E-state index in [1.54, 1.807) is 18.2 Å². The summed E-state index contributed by atoms with van der Waals surface area (Å²) in [6.45, 7) is 0. The molecule has 1 rings (SSSR count). The van der Waals surface area contributed by atoms with E-state index in [2.05, 4.69) is 23.5 Å². The highest BCUT2D eigenvalue weighted by Crippen LogP contribution is 2.07. The molecule has 0 heterocycles. The fourth-order valence-electron chi connectivity index (χ4n) is 0.878. The Hall–Kier alpha value is -2.14. The average Bonchev–Trinajstić information content (AvgIpc) is 2.30. The first kappa shape index (κ1) is 11.9. The minimum absolute atomic E-state index is 0.721. The third-order valence-electron chi connectivity index (χ3n) is 1.43. The van der Waals surface area contributed by atoms with E-state index in [0.717, 1.165) is 16.7 Å². The Kier molecular flexibility index (Phi) is 5.41. The van der Waals surface area contributed by atoms with Gasteiger partial charge in [0.05, 0.1) is 0 Å². The summed E-state index contributed by atoms with van der Waals surface area (Å²) in [6, 6.07) is 5.25. The Labute approximate surface area is 85.3 Å². The zero-order chi connectivity index (χ0) is 11.0. The average molecular weight is 181 g/mol. The summed E-state index contributed by atoms with van der Waals surface area (Å²) in [5.74, 6) is 7.46. The molecule has 0 amide bonds. The summed E-state index contributed by atoms with van der Waals surface area (Å²) in [5, 5.41) is 0. The summed E-state index contributed by atoms with van der Waals surface area (Å²) in [5.41, 5.74) is 6.66. The van der Waals surface area contributed by atoms with Crippen LogP contribution in [0.25, 0.3) is 0 Å². The molecule has 1 aromatic rings. The zero-order valence-electron chi connectivity index (χ0n) is 8.04. The molecule has 2 N–H and O–H groups in total. The maximum Gasteiger partial charge on any atom is 0.0267 e. The van der Waals surface area contributed by atoms with E-state index in [1.165, 1.54) is 7.05 Å². The molecular weight excluding hydrogens is 170 g/mol. The lowest BCUT2D eigenvalue weighted by molar-refractivity contribution is 1.48. The fourth-order valence-corrected chi connectivity index (χ4v) is 0.878. The number of hydrogen-bond acceptors (Lipinski definition) is 1. The van der Waals surface area contributed by atoms with Crippen molar-refractivity contribution in [2.75, 3.05) is 7.05 Å². The maximum absolute atomic E-state index is 5.21. The molecule has 0 radical (unpaired) electrons. The van der Waals surface area contributed by atoms with Gasteiger partial charge in [-0.3, -0.25) is 0 Å². The van der Waals surface area contributed by atoms with Gasteiger partial charge in [0.1, 0.15) is 0 Å². The van der Waals surface area contributed by atoms with Gasteiger partial charge in [0.25, 0.3) is 0 Å². The topological polar surface area (TPSA) is 26.0 Å². The predicted molar refractivity (Wildman–Crippen MR) is 60.4 cm³/mol. The van der Waals surface area contributed by atoms with E-state index in [4.69, 9.17) is 19.3 Å². The molecule has 0 fully saturated rings. The number of hydrogen-bond donors (Lipinski definition) is 1. The number of rotatable bonds is 0. The molecule has 1 heteroatoms. The van der Waals surface area contributed by atoms with E-state index in [0.29, 0.717) is 0 Å². The first-order valence-electron chi connectivity index (χ1n) is 3.93. The van der Waals surface area contributed by atoms with Crippen LogP contribution in [0, 0.1) is 37.0 Å². The molecule has 0 aromatic heterocycles. The van der Waals surface area contributed by atoms with E-state index < -0.39 is 0 Å². The molecule has 0 unspecified atom stereocenters. The Balaban J connectivity index is 0.000000791. The molecule has 1 aromatic carbocycles. The van der Waals surface area contributed by atoms with Crippen LogP contribution in [0.4, 0.5) is 0 Å². The highest BCUT2D eigenvalue weighted by Gasteiger charge is 1.94. The molecule has 0 atom stereocenters. The minimum atomic E-state index is 0.721. The molecule has 0 spiro atoms. The molecule has 14 heavy (non-hydrogen) atoms. The minimum Gasteiger partial charge on any atom is -0.333 e. The van der Waals surface area contributed by atoms with Gasteiger partial charge < -0.3 is 5.73 Å². The molecule has 0 aliphatic heterocycles. The van der Waals surface area contributed by atoms with Crippen molar-refractivity contribution in [1.29, 1.82) is 0 Å². The van der Waals surface area contributed by atoms with Crippen molar-refractivity contribution in [1.82, 2.24) is 0 Å². The summed E-state index contributed by atoms with van der Waals surface area (Å²) in [4.78, 5) is 0. The van der Waals surface area contributed by atoms with Gasteiger partial charge >= 0.3 is 0 Å². The summed E-state index contributed by atoms with van der Waals surface area (Å²) >= 11 is 0. The standard InChI is InChI=1S/C12H6.CH5N/c1-4-10-7-11(5-2)9-12(6-3)8-10;1-2/h1-3,7-9H;2H2,1H3. The molecule has 0 aliphatic carbocycles. The normalized spacial score (nSPS) is 7.07. The van der Waals surface area contributed by atoms with Gasteiger partial charge in [0, 0.05) is 16.7 Å². The summed E-state index contributed by atoms with van der Waals surface area (Å²) in [7, 11) is 1.50. The molecule has 1 nitrogen and oxygen atoms in total. The summed E-state index contributed by atoms with van der Waals surface area (Å²) in [6.07, 6.45) is 15.6. The SMILES string of the molecule is C#Cc1cc(C#C)cc(C#C)c1.CN. The second kappa shape index (κ2) is 6.38. The van der Waals surface area contributed by atoms with Crippen molar-refractivity contribution in [2.24, 2.45) is 5.73 Å². The van der Waals surface area contributed by atoms with E-state index in [-0.39, 0.29) is 0 Å². The van der Waals surface area contributed by atoms with Gasteiger partial charge in [-0.15, -0.1) is 19.3 Å².